The molecule has 0 saturated carbocycles. The molecule has 1 aromatic rings. The lowest BCUT2D eigenvalue weighted by Gasteiger charge is -2.32. The van der Waals surface area contributed by atoms with Crippen LogP contribution in [0.3, 0.4) is 0 Å². The molecule has 2 N–H and O–H groups in total. The van der Waals surface area contributed by atoms with Gasteiger partial charge < -0.3 is 15.5 Å². The van der Waals surface area contributed by atoms with Gasteiger partial charge in [-0.05, 0) is 37.0 Å². The van der Waals surface area contributed by atoms with Crippen molar-refractivity contribution in [2.24, 2.45) is 17.8 Å². The minimum absolute atomic E-state index is 0.0270. The highest BCUT2D eigenvalue weighted by atomic mass is 16.2. The molecule has 27 heavy (non-hydrogen) atoms. The molecule has 0 bridgehead atoms. The Morgan fingerprint density at radius 1 is 1.19 bits per heavy atom. The van der Waals surface area contributed by atoms with Gasteiger partial charge in [0.2, 0.25) is 11.8 Å². The molecule has 148 valence electrons. The number of benzene rings is 1. The molecule has 1 atom stereocenters. The van der Waals surface area contributed by atoms with Crippen LogP contribution in [-0.2, 0) is 9.59 Å². The second-order valence-electron chi connectivity index (χ2n) is 7.95. The van der Waals surface area contributed by atoms with Crippen molar-refractivity contribution in [2.75, 3.05) is 25.0 Å². The van der Waals surface area contributed by atoms with E-state index in [1.807, 2.05) is 13.8 Å². The first kappa shape index (κ1) is 20.9. The number of nitrogens with one attached hydrogen (secondary N) is 2. The fourth-order valence-electron chi connectivity index (χ4n) is 3.02. The molecule has 6 nitrogen and oxygen atoms in total. The van der Waals surface area contributed by atoms with E-state index in [1.165, 1.54) is 0 Å². The molecule has 1 fully saturated rings. The highest BCUT2D eigenvalue weighted by Crippen LogP contribution is 2.20. The van der Waals surface area contributed by atoms with Crippen LogP contribution in [0.4, 0.5) is 5.69 Å². The molecule has 0 radical (unpaired) electrons. The van der Waals surface area contributed by atoms with Gasteiger partial charge >= 0.3 is 0 Å². The van der Waals surface area contributed by atoms with Gasteiger partial charge in [0, 0.05) is 36.8 Å². The highest BCUT2D eigenvalue weighted by molar-refractivity contribution is 5.97. The average Bonchev–Trinajstić information content (AvgIpc) is 2.65. The monoisotopic (exact) mass is 373 g/mol. The highest BCUT2D eigenvalue weighted by Gasteiger charge is 2.29. The number of amides is 3. The van der Waals surface area contributed by atoms with Gasteiger partial charge in [-0.3, -0.25) is 14.4 Å². The number of likely N-dealkylation sites (tertiary alicyclic amines) is 1. The van der Waals surface area contributed by atoms with Crippen LogP contribution in [0, 0.1) is 17.8 Å². The molecular weight excluding hydrogens is 342 g/mol. The topological polar surface area (TPSA) is 78.5 Å². The Morgan fingerprint density at radius 2 is 1.93 bits per heavy atom. The fourth-order valence-corrected chi connectivity index (χ4v) is 3.02. The van der Waals surface area contributed by atoms with Gasteiger partial charge in [-0.2, -0.15) is 0 Å². The van der Waals surface area contributed by atoms with Crippen LogP contribution in [0.25, 0.3) is 0 Å². The summed E-state index contributed by atoms with van der Waals surface area (Å²) in [6.45, 7) is 9.50. The van der Waals surface area contributed by atoms with E-state index in [9.17, 15) is 14.4 Å². The van der Waals surface area contributed by atoms with E-state index >= 15 is 0 Å². The molecule has 1 heterocycles. The van der Waals surface area contributed by atoms with Crippen LogP contribution in [0.5, 0.6) is 0 Å². The van der Waals surface area contributed by atoms with Crippen molar-refractivity contribution >= 4 is 23.4 Å². The van der Waals surface area contributed by atoms with Crippen LogP contribution in [-0.4, -0.2) is 42.3 Å². The van der Waals surface area contributed by atoms with Gasteiger partial charge in [0.25, 0.3) is 5.91 Å². The van der Waals surface area contributed by atoms with Gasteiger partial charge in [-0.25, -0.2) is 0 Å². The third-order valence-electron chi connectivity index (χ3n) is 4.67. The van der Waals surface area contributed by atoms with E-state index in [0.29, 0.717) is 36.8 Å². The lowest BCUT2D eigenvalue weighted by molar-refractivity contribution is -0.126. The van der Waals surface area contributed by atoms with E-state index in [0.717, 1.165) is 12.8 Å². The molecule has 0 spiro atoms. The molecule has 2 rings (SSSR count). The summed E-state index contributed by atoms with van der Waals surface area (Å²) >= 11 is 0. The van der Waals surface area contributed by atoms with Crippen LogP contribution in [0.2, 0.25) is 0 Å². The molecule has 0 unspecified atom stereocenters. The van der Waals surface area contributed by atoms with Crippen LogP contribution in [0.1, 0.15) is 50.9 Å². The maximum absolute atomic E-state index is 12.9. The number of nitrogens with zero attached hydrogens (tertiary/aromatic N) is 1. The third-order valence-corrected chi connectivity index (χ3v) is 4.67. The average molecular weight is 373 g/mol. The predicted molar refractivity (Wildman–Crippen MR) is 106 cm³/mol. The minimum Gasteiger partial charge on any atom is -0.356 e. The Bertz CT molecular complexity index is 685. The summed E-state index contributed by atoms with van der Waals surface area (Å²) in [5, 5.41) is 5.79. The Balaban J connectivity index is 2.02. The number of rotatable bonds is 6. The molecule has 0 aliphatic carbocycles. The number of hydrogen-bond donors (Lipinski definition) is 2. The van der Waals surface area contributed by atoms with Crippen molar-refractivity contribution in [3.63, 3.8) is 0 Å². The minimum atomic E-state index is -0.162. The van der Waals surface area contributed by atoms with Crippen molar-refractivity contribution in [2.45, 2.75) is 40.5 Å². The SMILES string of the molecule is CC(C)CNC(=O)[C@@H]1CCCN(C(=O)c2cccc(NC(=O)C(C)C)c2)C1. The first-order valence-electron chi connectivity index (χ1n) is 9.75. The third kappa shape index (κ3) is 6.08. The van der Waals surface area contributed by atoms with E-state index in [4.69, 9.17) is 0 Å². The predicted octanol–water partition coefficient (Wildman–Crippen LogP) is 2.91. The van der Waals surface area contributed by atoms with Gasteiger partial charge in [0.1, 0.15) is 0 Å². The molecular formula is C21H31N3O3. The Hall–Kier alpha value is -2.37. The van der Waals surface area contributed by atoms with Crippen LogP contribution in [0.15, 0.2) is 24.3 Å². The summed E-state index contributed by atoms with van der Waals surface area (Å²) < 4.78 is 0. The molecule has 1 saturated heterocycles. The summed E-state index contributed by atoms with van der Waals surface area (Å²) in [4.78, 5) is 38.9. The lowest BCUT2D eigenvalue weighted by atomic mass is 9.96. The van der Waals surface area contributed by atoms with Crippen molar-refractivity contribution in [1.82, 2.24) is 10.2 Å². The molecule has 6 heteroatoms. The summed E-state index contributed by atoms with van der Waals surface area (Å²) in [6.07, 6.45) is 1.62. The maximum atomic E-state index is 12.9. The zero-order chi connectivity index (χ0) is 20.0. The summed E-state index contributed by atoms with van der Waals surface area (Å²) in [7, 11) is 0. The largest absolute Gasteiger partial charge is 0.356 e. The molecule has 1 aromatic carbocycles. The van der Waals surface area contributed by atoms with Crippen molar-refractivity contribution in [3.8, 4) is 0 Å². The lowest BCUT2D eigenvalue weighted by Crippen LogP contribution is -2.46. The number of carbonyl (C=O) groups excluding carboxylic acids is 3. The normalized spacial score (nSPS) is 17.1. The van der Waals surface area contributed by atoms with Gasteiger partial charge in [-0.15, -0.1) is 0 Å². The number of piperidine rings is 1. The first-order chi connectivity index (χ1) is 12.8. The second-order valence-corrected chi connectivity index (χ2v) is 7.95. The molecule has 1 aliphatic heterocycles. The summed E-state index contributed by atoms with van der Waals surface area (Å²) in [6, 6.07) is 6.98. The van der Waals surface area contributed by atoms with E-state index in [1.54, 1.807) is 29.2 Å². The van der Waals surface area contributed by atoms with Crippen molar-refractivity contribution in [1.29, 1.82) is 0 Å². The summed E-state index contributed by atoms with van der Waals surface area (Å²) in [5.74, 6) is -0.0449. The molecule has 3 amide bonds. The molecule has 0 aromatic heterocycles. The second kappa shape index (κ2) is 9.53. The van der Waals surface area contributed by atoms with E-state index in [-0.39, 0.29) is 29.6 Å². The van der Waals surface area contributed by atoms with Crippen molar-refractivity contribution in [3.05, 3.63) is 29.8 Å². The smallest absolute Gasteiger partial charge is 0.253 e. The fraction of sp³-hybridized carbons (Fsp3) is 0.571. The Labute approximate surface area is 161 Å². The number of hydrogen-bond acceptors (Lipinski definition) is 3. The van der Waals surface area contributed by atoms with Crippen molar-refractivity contribution < 1.29 is 14.4 Å². The van der Waals surface area contributed by atoms with Crippen LogP contribution < -0.4 is 10.6 Å². The van der Waals surface area contributed by atoms with Gasteiger partial charge in [0.15, 0.2) is 0 Å². The first-order valence-corrected chi connectivity index (χ1v) is 9.75. The quantitative estimate of drug-likeness (QED) is 0.805. The van der Waals surface area contributed by atoms with Gasteiger partial charge in [0.05, 0.1) is 5.92 Å². The van der Waals surface area contributed by atoms with E-state index in [2.05, 4.69) is 24.5 Å². The maximum Gasteiger partial charge on any atom is 0.253 e. The Kier molecular flexibility index (Phi) is 7.39. The van der Waals surface area contributed by atoms with E-state index < -0.39 is 0 Å². The zero-order valence-electron chi connectivity index (χ0n) is 16.7. The summed E-state index contributed by atoms with van der Waals surface area (Å²) in [5.41, 5.74) is 1.14. The molecule has 1 aliphatic rings. The van der Waals surface area contributed by atoms with Crippen LogP contribution >= 0.6 is 0 Å². The zero-order valence-corrected chi connectivity index (χ0v) is 16.7. The standard InChI is InChI=1S/C21H31N3O3/c1-14(2)12-22-20(26)17-8-6-10-24(13-17)21(27)16-7-5-9-18(11-16)23-19(25)15(3)4/h5,7,9,11,14-15,17H,6,8,10,12-13H2,1-4H3,(H,22,26)(H,23,25)/t17-/m1/s1. The van der Waals surface area contributed by atoms with Gasteiger partial charge in [-0.1, -0.05) is 33.8 Å². The Morgan fingerprint density at radius 3 is 2.59 bits per heavy atom. The number of carbonyl (C=O) groups is 3. The number of anilines is 1.